The van der Waals surface area contributed by atoms with Gasteiger partial charge in [-0.25, -0.2) is 22.2 Å². The largest absolute Gasteiger partial charge is 0.395 e. The Labute approximate surface area is 216 Å². The molecule has 0 spiro atoms. The Morgan fingerprint density at radius 1 is 1.41 bits per heavy atom. The molecule has 1 saturated carbocycles. The number of rotatable bonds is 7. The van der Waals surface area contributed by atoms with Crippen molar-refractivity contribution < 1.29 is 22.3 Å². The lowest BCUT2D eigenvalue weighted by Crippen LogP contribution is -2.63. The number of anilines is 1. The second kappa shape index (κ2) is 8.91. The van der Waals surface area contributed by atoms with E-state index < -0.39 is 32.5 Å². The van der Waals surface area contributed by atoms with Gasteiger partial charge in [0.25, 0.3) is 6.43 Å². The van der Waals surface area contributed by atoms with Gasteiger partial charge in [0.15, 0.2) is 15.8 Å². The maximum Gasteiger partial charge on any atom is 0.291 e. The predicted molar refractivity (Wildman–Crippen MR) is 132 cm³/mol. The van der Waals surface area contributed by atoms with Gasteiger partial charge in [0.2, 0.25) is 10.0 Å². The molecule has 1 aliphatic carbocycles. The first-order chi connectivity index (χ1) is 17.4. The first kappa shape index (κ1) is 25.9. The summed E-state index contributed by atoms with van der Waals surface area (Å²) in [6, 6.07) is 3.32. The van der Waals surface area contributed by atoms with E-state index in [4.69, 9.17) is 0 Å². The number of hydrogen-bond donors (Lipinski definition) is 3. The molecule has 5 rings (SSSR count). The lowest BCUT2D eigenvalue weighted by Gasteiger charge is -2.44. The third kappa shape index (κ3) is 4.68. The van der Waals surface area contributed by atoms with Crippen LogP contribution >= 0.6 is 11.3 Å². The molecule has 11 nitrogen and oxygen atoms in total. The van der Waals surface area contributed by atoms with Crippen LogP contribution in [0, 0.1) is 17.2 Å². The third-order valence-corrected chi connectivity index (χ3v) is 9.14. The Hall–Kier alpha value is -2.77. The Morgan fingerprint density at radius 3 is 2.73 bits per heavy atom. The monoisotopic (exact) mass is 552 g/mol. The van der Waals surface area contributed by atoms with Crippen LogP contribution in [0.25, 0.3) is 16.3 Å². The molecular formula is C22H26F2N8O3S2. The first-order valence-corrected chi connectivity index (χ1v) is 13.9. The second-order valence-electron chi connectivity index (χ2n) is 10.2. The van der Waals surface area contributed by atoms with Gasteiger partial charge in [-0.15, -0.1) is 10.2 Å². The highest BCUT2D eigenvalue weighted by Crippen LogP contribution is 2.44. The number of piperazine rings is 1. The number of halogens is 2. The van der Waals surface area contributed by atoms with Crippen LogP contribution in [0.5, 0.6) is 0 Å². The molecule has 3 atom stereocenters. The number of sulfonamides is 1. The van der Waals surface area contributed by atoms with E-state index in [1.807, 2.05) is 18.7 Å². The standard InChI is InChI=1S/C22H26F2N8O3S2/c1-12-5-22(12,10-25)30-37(34,35)14-4-15(31-7-13(9-33)27-21(2,3)11-31)16-6-26-18(32(16)8-14)20-29-28-19(36-20)17(23)24/h4,6,8,12-13,17,27,30,33H,5,7,9,11H2,1-3H3. The van der Waals surface area contributed by atoms with Crippen molar-refractivity contribution in [2.24, 2.45) is 5.92 Å². The summed E-state index contributed by atoms with van der Waals surface area (Å²) >= 11 is 0.676. The zero-order chi connectivity index (χ0) is 26.8. The number of nitrogens with one attached hydrogen (secondary N) is 2. The van der Waals surface area contributed by atoms with E-state index in [2.05, 4.69) is 31.3 Å². The third-order valence-electron chi connectivity index (χ3n) is 6.73. The number of pyridine rings is 1. The number of hydrogen-bond acceptors (Lipinski definition) is 10. The highest BCUT2D eigenvalue weighted by atomic mass is 32.2. The molecule has 0 aromatic carbocycles. The average Bonchev–Trinajstić information content (AvgIpc) is 3.20. The topological polar surface area (TPSA) is 149 Å². The van der Waals surface area contributed by atoms with Crippen molar-refractivity contribution in [3.05, 3.63) is 23.5 Å². The Morgan fingerprint density at radius 2 is 2.14 bits per heavy atom. The maximum absolute atomic E-state index is 13.5. The minimum absolute atomic E-state index is 0.113. The van der Waals surface area contributed by atoms with Gasteiger partial charge in [0.05, 0.1) is 30.1 Å². The van der Waals surface area contributed by atoms with Crippen LogP contribution in [0.4, 0.5) is 14.5 Å². The van der Waals surface area contributed by atoms with Gasteiger partial charge in [-0.3, -0.25) is 4.40 Å². The molecule has 3 aromatic rings. The zero-order valence-corrected chi connectivity index (χ0v) is 21.9. The molecule has 1 saturated heterocycles. The Bertz CT molecular complexity index is 1500. The van der Waals surface area contributed by atoms with E-state index in [0.29, 0.717) is 42.1 Å². The van der Waals surface area contributed by atoms with Crippen molar-refractivity contribution in [1.82, 2.24) is 29.6 Å². The van der Waals surface area contributed by atoms with Crippen molar-refractivity contribution in [3.63, 3.8) is 0 Å². The molecule has 2 fully saturated rings. The number of nitriles is 1. The van der Waals surface area contributed by atoms with E-state index in [1.54, 1.807) is 6.92 Å². The van der Waals surface area contributed by atoms with Gasteiger partial charge >= 0.3 is 0 Å². The lowest BCUT2D eigenvalue weighted by molar-refractivity contribution is 0.150. The maximum atomic E-state index is 13.5. The number of aliphatic hydroxyl groups is 1. The van der Waals surface area contributed by atoms with Crippen molar-refractivity contribution in [2.75, 3.05) is 24.6 Å². The quantitative estimate of drug-likeness (QED) is 0.400. The van der Waals surface area contributed by atoms with Crippen LogP contribution in [0.15, 0.2) is 23.4 Å². The van der Waals surface area contributed by atoms with Crippen LogP contribution in [0.3, 0.4) is 0 Å². The molecule has 3 aromatic heterocycles. The Balaban J connectivity index is 1.67. The number of aliphatic hydroxyl groups excluding tert-OH is 1. The van der Waals surface area contributed by atoms with Gasteiger partial charge in [0, 0.05) is 30.9 Å². The van der Waals surface area contributed by atoms with Crippen LogP contribution in [0.2, 0.25) is 0 Å². The first-order valence-electron chi connectivity index (χ1n) is 11.6. The van der Waals surface area contributed by atoms with Gasteiger partial charge in [-0.2, -0.15) is 9.98 Å². The summed E-state index contributed by atoms with van der Waals surface area (Å²) in [5.41, 5.74) is -0.510. The smallest absolute Gasteiger partial charge is 0.291 e. The van der Waals surface area contributed by atoms with Crippen molar-refractivity contribution in [2.45, 2.75) is 55.6 Å². The summed E-state index contributed by atoms with van der Waals surface area (Å²) in [7, 11) is -4.15. The summed E-state index contributed by atoms with van der Waals surface area (Å²) < 4.78 is 57.4. The van der Waals surface area contributed by atoms with Gasteiger partial charge < -0.3 is 15.3 Å². The minimum atomic E-state index is -4.15. The molecular weight excluding hydrogens is 526 g/mol. The minimum Gasteiger partial charge on any atom is -0.395 e. The summed E-state index contributed by atoms with van der Waals surface area (Å²) in [5.74, 6) is 0.0355. The summed E-state index contributed by atoms with van der Waals surface area (Å²) in [6.45, 7) is 6.50. The Kier molecular flexibility index (Phi) is 6.23. The van der Waals surface area contributed by atoms with Crippen LogP contribution in [-0.4, -0.2) is 69.9 Å². The molecule has 0 bridgehead atoms. The van der Waals surface area contributed by atoms with E-state index in [1.165, 1.54) is 22.9 Å². The van der Waals surface area contributed by atoms with Crippen molar-refractivity contribution in [3.8, 4) is 16.9 Å². The molecule has 15 heteroatoms. The number of aromatic nitrogens is 4. The summed E-state index contributed by atoms with van der Waals surface area (Å²) in [4.78, 5) is 6.22. The molecule has 198 valence electrons. The molecule has 4 heterocycles. The molecule has 2 aliphatic rings. The summed E-state index contributed by atoms with van der Waals surface area (Å²) in [6.07, 6.45) is 0.483. The van der Waals surface area contributed by atoms with Gasteiger partial charge in [-0.1, -0.05) is 18.3 Å². The molecule has 37 heavy (non-hydrogen) atoms. The van der Waals surface area contributed by atoms with Crippen molar-refractivity contribution in [1.29, 1.82) is 5.26 Å². The van der Waals surface area contributed by atoms with E-state index in [9.17, 15) is 27.6 Å². The lowest BCUT2D eigenvalue weighted by atomic mass is 9.98. The van der Waals surface area contributed by atoms with Gasteiger partial charge in [0.1, 0.15) is 10.4 Å². The fourth-order valence-corrected chi connectivity index (χ4v) is 6.94. The molecule has 3 N–H and O–H groups in total. The average molecular weight is 553 g/mol. The highest BCUT2D eigenvalue weighted by molar-refractivity contribution is 7.89. The van der Waals surface area contributed by atoms with E-state index in [0.717, 1.165) is 0 Å². The summed E-state index contributed by atoms with van der Waals surface area (Å²) in [5, 5.41) is 29.8. The molecule has 1 aliphatic heterocycles. The van der Waals surface area contributed by atoms with Crippen LogP contribution in [0.1, 0.15) is 38.6 Å². The van der Waals surface area contributed by atoms with Gasteiger partial charge in [-0.05, 0) is 32.3 Å². The normalized spacial score (nSPS) is 25.5. The van der Waals surface area contributed by atoms with E-state index in [-0.39, 0.29) is 34.3 Å². The number of fused-ring (bicyclic) bond motifs is 1. The SMILES string of the molecule is CC1CC1(C#N)NS(=O)(=O)c1cc(N2CC(CO)NC(C)(C)C2)c2cnc(-c3nnc(C(F)F)s3)n2c1. The van der Waals surface area contributed by atoms with E-state index >= 15 is 0 Å². The predicted octanol–water partition coefficient (Wildman–Crippen LogP) is 1.92. The fraction of sp³-hybridized carbons (Fsp3) is 0.545. The number of nitrogens with zero attached hydrogens (tertiary/aromatic N) is 6. The highest BCUT2D eigenvalue weighted by Gasteiger charge is 2.54. The molecule has 3 unspecified atom stereocenters. The van der Waals surface area contributed by atoms with Crippen LogP contribution in [-0.2, 0) is 10.0 Å². The fourth-order valence-electron chi connectivity index (χ4n) is 4.81. The number of alkyl halides is 2. The van der Waals surface area contributed by atoms with Crippen LogP contribution < -0.4 is 14.9 Å². The second-order valence-corrected chi connectivity index (χ2v) is 12.9. The van der Waals surface area contributed by atoms with Crippen molar-refractivity contribution >= 4 is 32.6 Å². The zero-order valence-electron chi connectivity index (χ0n) is 20.3. The number of imidazole rings is 1. The molecule has 0 radical (unpaired) electrons. The molecule has 0 amide bonds.